The van der Waals surface area contributed by atoms with E-state index in [1.54, 1.807) is 6.92 Å². The van der Waals surface area contributed by atoms with E-state index in [4.69, 9.17) is 14.7 Å². The fourth-order valence-corrected chi connectivity index (χ4v) is 1.08. The highest BCUT2D eigenvalue weighted by Gasteiger charge is 2.16. The summed E-state index contributed by atoms with van der Waals surface area (Å²) in [6, 6.07) is 1.53. The molecule has 0 fully saturated rings. The molecule has 86 valence electrons. The highest BCUT2D eigenvalue weighted by atomic mass is 16.5. The van der Waals surface area contributed by atoms with Gasteiger partial charge in [-0.3, -0.25) is 4.98 Å². The molecule has 0 saturated carbocycles. The second-order valence-electron chi connectivity index (χ2n) is 2.78. The van der Waals surface area contributed by atoms with Gasteiger partial charge in [0.15, 0.2) is 5.71 Å². The highest BCUT2D eigenvalue weighted by molar-refractivity contribution is 6.43. The molecule has 0 radical (unpaired) electrons. The molecule has 6 nitrogen and oxygen atoms in total. The summed E-state index contributed by atoms with van der Waals surface area (Å²) in [5.74, 6) is -0.247. The topological polar surface area (TPSA) is 81.0 Å². The Morgan fingerprint density at radius 1 is 1.56 bits per heavy atom. The van der Waals surface area contributed by atoms with Crippen molar-refractivity contribution in [2.75, 3.05) is 13.7 Å². The Morgan fingerprint density at radius 2 is 2.31 bits per heavy atom. The van der Waals surface area contributed by atoms with Gasteiger partial charge in [0.1, 0.15) is 5.75 Å². The van der Waals surface area contributed by atoms with Crippen LogP contribution < -0.4 is 4.74 Å². The molecule has 6 heteroatoms. The Labute approximate surface area is 92.5 Å². The van der Waals surface area contributed by atoms with E-state index in [9.17, 15) is 4.79 Å². The predicted octanol–water partition coefficient (Wildman–Crippen LogP) is 0.832. The predicted molar refractivity (Wildman–Crippen MR) is 55.7 cm³/mol. The quantitative estimate of drug-likeness (QED) is 0.354. The van der Waals surface area contributed by atoms with Crippen molar-refractivity contribution >= 4 is 11.7 Å². The number of rotatable bonds is 4. The van der Waals surface area contributed by atoms with Crippen LogP contribution in [-0.2, 0) is 9.53 Å². The molecular formula is C10H12N2O4. The van der Waals surface area contributed by atoms with Crippen molar-refractivity contribution in [3.8, 4) is 5.75 Å². The summed E-state index contributed by atoms with van der Waals surface area (Å²) < 4.78 is 9.66. The molecule has 0 aliphatic heterocycles. The van der Waals surface area contributed by atoms with E-state index >= 15 is 0 Å². The molecule has 16 heavy (non-hydrogen) atoms. The van der Waals surface area contributed by atoms with Crippen LogP contribution in [0.4, 0.5) is 0 Å². The zero-order chi connectivity index (χ0) is 12.0. The van der Waals surface area contributed by atoms with E-state index in [1.165, 1.54) is 25.6 Å². The number of hydrogen-bond donors (Lipinski definition) is 1. The second kappa shape index (κ2) is 5.69. The first-order valence-corrected chi connectivity index (χ1v) is 4.61. The number of aromatic nitrogens is 1. The number of oxime groups is 1. The van der Waals surface area contributed by atoms with Crippen molar-refractivity contribution in [3.63, 3.8) is 0 Å². The van der Waals surface area contributed by atoms with Crippen molar-refractivity contribution in [1.82, 2.24) is 4.98 Å². The van der Waals surface area contributed by atoms with Gasteiger partial charge in [0.2, 0.25) is 0 Å². The zero-order valence-corrected chi connectivity index (χ0v) is 9.01. The number of esters is 1. The number of ether oxygens (including phenoxy) is 2. The first kappa shape index (κ1) is 12.0. The molecular weight excluding hydrogens is 212 g/mol. The minimum atomic E-state index is -0.708. The molecule has 0 aromatic carbocycles. The SMILES string of the molecule is CCOC(=O)/C(=N/O)c1cncc(OC)c1. The van der Waals surface area contributed by atoms with Gasteiger partial charge in [0, 0.05) is 11.8 Å². The molecule has 1 aromatic heterocycles. The Kier molecular flexibility index (Phi) is 4.26. The normalized spacial score (nSPS) is 11.0. The molecule has 0 bridgehead atoms. The summed E-state index contributed by atoms with van der Waals surface area (Å²) in [5.41, 5.74) is 0.133. The third kappa shape index (κ3) is 2.69. The number of nitrogens with zero attached hydrogens (tertiary/aromatic N) is 2. The maximum atomic E-state index is 11.4. The monoisotopic (exact) mass is 224 g/mol. The first-order valence-electron chi connectivity index (χ1n) is 4.61. The van der Waals surface area contributed by atoms with E-state index in [0.29, 0.717) is 11.3 Å². The van der Waals surface area contributed by atoms with Crippen LogP contribution in [0.1, 0.15) is 12.5 Å². The van der Waals surface area contributed by atoms with Crippen LogP contribution in [-0.4, -0.2) is 35.6 Å². The lowest BCUT2D eigenvalue weighted by atomic mass is 10.2. The molecule has 0 atom stereocenters. The van der Waals surface area contributed by atoms with Crippen LogP contribution in [0, 0.1) is 0 Å². The molecule has 1 rings (SSSR count). The summed E-state index contributed by atoms with van der Waals surface area (Å²) in [6.45, 7) is 1.87. The van der Waals surface area contributed by atoms with Crippen LogP contribution in [0.15, 0.2) is 23.6 Å². The van der Waals surface area contributed by atoms with Gasteiger partial charge in [0.25, 0.3) is 0 Å². The van der Waals surface area contributed by atoms with Crippen molar-refractivity contribution in [2.45, 2.75) is 6.92 Å². The molecule has 0 spiro atoms. The molecule has 0 unspecified atom stereocenters. The molecule has 0 amide bonds. The van der Waals surface area contributed by atoms with Gasteiger partial charge in [0.05, 0.1) is 19.9 Å². The van der Waals surface area contributed by atoms with Crippen LogP contribution in [0.3, 0.4) is 0 Å². The number of methoxy groups -OCH3 is 1. The average molecular weight is 224 g/mol. The number of carbonyl (C=O) groups is 1. The molecule has 1 N–H and O–H groups in total. The lowest BCUT2D eigenvalue weighted by Crippen LogP contribution is -2.19. The van der Waals surface area contributed by atoms with Crippen molar-refractivity contribution in [2.24, 2.45) is 5.16 Å². The average Bonchev–Trinajstić information content (AvgIpc) is 2.31. The minimum Gasteiger partial charge on any atom is -0.495 e. The van der Waals surface area contributed by atoms with E-state index in [1.807, 2.05) is 0 Å². The maximum Gasteiger partial charge on any atom is 0.361 e. The summed E-state index contributed by atoms with van der Waals surface area (Å²) in [7, 11) is 1.47. The minimum absolute atomic E-state index is 0.201. The zero-order valence-electron chi connectivity index (χ0n) is 9.01. The fourth-order valence-electron chi connectivity index (χ4n) is 1.08. The number of pyridine rings is 1. The lowest BCUT2D eigenvalue weighted by Gasteiger charge is -2.05. The molecule has 1 aromatic rings. The van der Waals surface area contributed by atoms with Gasteiger partial charge in [-0.05, 0) is 13.0 Å². The smallest absolute Gasteiger partial charge is 0.361 e. The molecule has 1 heterocycles. The van der Waals surface area contributed by atoms with E-state index in [0.717, 1.165) is 0 Å². The van der Waals surface area contributed by atoms with Crippen molar-refractivity contribution in [1.29, 1.82) is 0 Å². The number of carbonyl (C=O) groups excluding carboxylic acids is 1. The second-order valence-corrected chi connectivity index (χ2v) is 2.78. The third-order valence-corrected chi connectivity index (χ3v) is 1.79. The van der Waals surface area contributed by atoms with Crippen LogP contribution in [0.5, 0.6) is 5.75 Å². The van der Waals surface area contributed by atoms with E-state index < -0.39 is 5.97 Å². The highest BCUT2D eigenvalue weighted by Crippen LogP contribution is 2.11. The third-order valence-electron chi connectivity index (χ3n) is 1.79. The first-order chi connectivity index (χ1) is 7.72. The Hall–Kier alpha value is -2.11. The Bertz CT molecular complexity index is 404. The summed E-state index contributed by atoms with van der Waals surface area (Å²) in [6.07, 6.45) is 2.86. The van der Waals surface area contributed by atoms with Crippen LogP contribution >= 0.6 is 0 Å². The summed E-state index contributed by atoms with van der Waals surface area (Å²) in [4.78, 5) is 15.2. The van der Waals surface area contributed by atoms with Gasteiger partial charge < -0.3 is 14.7 Å². The molecule has 0 aliphatic carbocycles. The molecule has 0 saturated heterocycles. The lowest BCUT2D eigenvalue weighted by molar-refractivity contribution is -0.135. The Balaban J connectivity index is 3.00. The van der Waals surface area contributed by atoms with Gasteiger partial charge in [-0.15, -0.1) is 0 Å². The van der Waals surface area contributed by atoms with Crippen molar-refractivity contribution < 1.29 is 19.5 Å². The largest absolute Gasteiger partial charge is 0.495 e. The van der Waals surface area contributed by atoms with Gasteiger partial charge >= 0.3 is 5.97 Å². The van der Waals surface area contributed by atoms with Crippen LogP contribution in [0.2, 0.25) is 0 Å². The summed E-state index contributed by atoms with van der Waals surface area (Å²) in [5, 5.41) is 11.7. The van der Waals surface area contributed by atoms with E-state index in [2.05, 4.69) is 10.1 Å². The van der Waals surface area contributed by atoms with Gasteiger partial charge in [-0.2, -0.15) is 0 Å². The van der Waals surface area contributed by atoms with Gasteiger partial charge in [-0.25, -0.2) is 4.79 Å². The van der Waals surface area contributed by atoms with Gasteiger partial charge in [-0.1, -0.05) is 5.16 Å². The van der Waals surface area contributed by atoms with Crippen molar-refractivity contribution in [3.05, 3.63) is 24.0 Å². The summed E-state index contributed by atoms with van der Waals surface area (Å²) >= 11 is 0. The fraction of sp³-hybridized carbons (Fsp3) is 0.300. The molecule has 0 aliphatic rings. The standard InChI is InChI=1S/C10H12N2O4/c1-3-16-10(13)9(12-14)7-4-8(15-2)6-11-5-7/h4-6,14H,3H2,1-2H3/b12-9+. The Morgan fingerprint density at radius 3 is 2.88 bits per heavy atom. The maximum absolute atomic E-state index is 11.4. The van der Waals surface area contributed by atoms with E-state index in [-0.39, 0.29) is 12.3 Å². The number of hydrogen-bond acceptors (Lipinski definition) is 6. The van der Waals surface area contributed by atoms with Crippen LogP contribution in [0.25, 0.3) is 0 Å².